The Morgan fingerprint density at radius 1 is 1.35 bits per heavy atom. The highest BCUT2D eigenvalue weighted by molar-refractivity contribution is 6.30. The van der Waals surface area contributed by atoms with Crippen molar-refractivity contribution in [2.45, 2.75) is 45.8 Å². The second-order valence-electron chi connectivity index (χ2n) is 7.65. The van der Waals surface area contributed by atoms with Crippen LogP contribution in [0.25, 0.3) is 5.65 Å². The first-order valence-corrected chi connectivity index (χ1v) is 9.96. The summed E-state index contributed by atoms with van der Waals surface area (Å²) >= 11 is 6.21. The number of nitrogens with zero attached hydrogens (tertiary/aromatic N) is 2. The average molecular weight is 451 g/mol. The Hall–Kier alpha value is -2.71. The molecule has 0 atom stereocenters. The molecule has 1 fully saturated rings. The first kappa shape index (κ1) is 23.0. The number of hydrogen-bond acceptors (Lipinski definition) is 4. The van der Waals surface area contributed by atoms with Gasteiger partial charge in [-0.1, -0.05) is 25.1 Å². The van der Waals surface area contributed by atoms with Gasteiger partial charge in [0.2, 0.25) is 0 Å². The van der Waals surface area contributed by atoms with E-state index >= 15 is 0 Å². The van der Waals surface area contributed by atoms with Crippen molar-refractivity contribution >= 4 is 23.2 Å². The normalized spacial score (nSPS) is 14.6. The molecule has 1 aliphatic carbocycles. The SMILES string of the molecule is C.Cc1nc2c(OCc3c(F)cccc3F)cc(Cl)cn2c1C(=O)NCC1(N)CCC1. The van der Waals surface area contributed by atoms with Crippen LogP contribution < -0.4 is 15.8 Å². The first-order valence-electron chi connectivity index (χ1n) is 9.58. The standard InChI is InChI=1S/C21H21ClF2N4O2.CH4/c1-12-18(20(29)26-11-21(25)6-3-7-21)28-9-13(22)8-17(19(28)27-12)30-10-14-15(23)4-2-5-16(14)24;/h2,4-5,8-9H,3,6-7,10-11,25H2,1H3,(H,26,29);1H4. The van der Waals surface area contributed by atoms with Gasteiger partial charge in [0.25, 0.3) is 5.91 Å². The van der Waals surface area contributed by atoms with E-state index in [4.69, 9.17) is 22.1 Å². The number of amides is 1. The Morgan fingerprint density at radius 3 is 2.65 bits per heavy atom. The summed E-state index contributed by atoms with van der Waals surface area (Å²) in [6.45, 7) is 1.71. The number of carbonyl (C=O) groups is 1. The minimum Gasteiger partial charge on any atom is -0.485 e. The molecule has 0 spiro atoms. The van der Waals surface area contributed by atoms with Gasteiger partial charge < -0.3 is 15.8 Å². The molecule has 0 saturated heterocycles. The van der Waals surface area contributed by atoms with Crippen LogP contribution in [0.1, 0.15) is 48.4 Å². The largest absolute Gasteiger partial charge is 0.485 e. The fourth-order valence-corrected chi connectivity index (χ4v) is 3.74. The lowest BCUT2D eigenvalue weighted by Crippen LogP contribution is -2.55. The van der Waals surface area contributed by atoms with Crippen molar-refractivity contribution in [2.75, 3.05) is 6.54 Å². The van der Waals surface area contributed by atoms with E-state index in [2.05, 4.69) is 10.3 Å². The van der Waals surface area contributed by atoms with Gasteiger partial charge in [0.15, 0.2) is 11.4 Å². The highest BCUT2D eigenvalue weighted by atomic mass is 35.5. The minimum atomic E-state index is -0.709. The average Bonchev–Trinajstić information content (AvgIpc) is 3.00. The Labute approximate surface area is 184 Å². The number of carbonyl (C=O) groups excluding carboxylic acids is 1. The molecule has 166 valence electrons. The maximum atomic E-state index is 13.9. The quantitative estimate of drug-likeness (QED) is 0.583. The Morgan fingerprint density at radius 2 is 2.03 bits per heavy atom. The molecule has 0 radical (unpaired) electrons. The zero-order valence-corrected chi connectivity index (χ0v) is 17.1. The van der Waals surface area contributed by atoms with Crippen molar-refractivity contribution in [1.82, 2.24) is 14.7 Å². The van der Waals surface area contributed by atoms with E-state index in [9.17, 15) is 13.6 Å². The third kappa shape index (κ3) is 4.50. The summed E-state index contributed by atoms with van der Waals surface area (Å²) in [4.78, 5) is 17.2. The number of aryl methyl sites for hydroxylation is 1. The molecule has 2 heterocycles. The summed E-state index contributed by atoms with van der Waals surface area (Å²) in [7, 11) is 0. The lowest BCUT2D eigenvalue weighted by Gasteiger charge is -2.38. The van der Waals surface area contributed by atoms with E-state index in [0.29, 0.717) is 23.6 Å². The highest BCUT2D eigenvalue weighted by Crippen LogP contribution is 2.29. The molecule has 1 saturated carbocycles. The predicted octanol–water partition coefficient (Wildman–Crippen LogP) is 4.40. The third-order valence-corrected chi connectivity index (χ3v) is 5.63. The molecule has 1 aliphatic rings. The van der Waals surface area contributed by atoms with Crippen molar-refractivity contribution in [3.05, 3.63) is 64.1 Å². The van der Waals surface area contributed by atoms with Gasteiger partial charge in [0.05, 0.1) is 16.3 Å². The number of rotatable bonds is 6. The molecule has 2 aromatic heterocycles. The number of pyridine rings is 1. The highest BCUT2D eigenvalue weighted by Gasteiger charge is 2.33. The zero-order chi connectivity index (χ0) is 21.5. The van der Waals surface area contributed by atoms with Gasteiger partial charge in [-0.15, -0.1) is 0 Å². The Kier molecular flexibility index (Phi) is 6.52. The van der Waals surface area contributed by atoms with Crippen LogP contribution in [0.5, 0.6) is 5.75 Å². The third-order valence-electron chi connectivity index (χ3n) is 5.43. The van der Waals surface area contributed by atoms with Crippen LogP contribution in [-0.2, 0) is 6.61 Å². The molecular weight excluding hydrogens is 426 g/mol. The Bertz CT molecular complexity index is 1110. The number of fused-ring (bicyclic) bond motifs is 1. The first-order chi connectivity index (χ1) is 14.3. The van der Waals surface area contributed by atoms with E-state index in [1.165, 1.54) is 16.5 Å². The summed E-state index contributed by atoms with van der Waals surface area (Å²) in [5, 5.41) is 3.15. The maximum Gasteiger partial charge on any atom is 0.270 e. The molecule has 6 nitrogen and oxygen atoms in total. The van der Waals surface area contributed by atoms with Crippen molar-refractivity contribution in [3.63, 3.8) is 0 Å². The molecule has 4 rings (SSSR count). The van der Waals surface area contributed by atoms with Crippen LogP contribution in [0.4, 0.5) is 8.78 Å². The van der Waals surface area contributed by atoms with Crippen molar-refractivity contribution < 1.29 is 18.3 Å². The minimum absolute atomic E-state index is 0. The number of aromatic nitrogens is 2. The summed E-state index contributed by atoms with van der Waals surface area (Å²) in [5.74, 6) is -1.54. The van der Waals surface area contributed by atoms with Gasteiger partial charge in [-0.05, 0) is 38.3 Å². The van der Waals surface area contributed by atoms with Crippen LogP contribution in [0.15, 0.2) is 30.5 Å². The van der Waals surface area contributed by atoms with Gasteiger partial charge in [0.1, 0.15) is 23.9 Å². The lowest BCUT2D eigenvalue weighted by atomic mass is 9.78. The molecular formula is C22H25ClF2N4O2. The number of hydrogen-bond donors (Lipinski definition) is 2. The van der Waals surface area contributed by atoms with Crippen LogP contribution in [0.2, 0.25) is 5.02 Å². The van der Waals surface area contributed by atoms with Crippen molar-refractivity contribution in [2.24, 2.45) is 5.73 Å². The summed E-state index contributed by atoms with van der Waals surface area (Å²) in [6.07, 6.45) is 4.34. The van der Waals surface area contributed by atoms with Crippen molar-refractivity contribution in [3.8, 4) is 5.75 Å². The van der Waals surface area contributed by atoms with Gasteiger partial charge in [-0.2, -0.15) is 0 Å². The summed E-state index contributed by atoms with van der Waals surface area (Å²) < 4.78 is 35.0. The Balaban J connectivity index is 0.00000272. The second-order valence-corrected chi connectivity index (χ2v) is 8.09. The van der Waals surface area contributed by atoms with Gasteiger partial charge in [-0.25, -0.2) is 13.8 Å². The summed E-state index contributed by atoms with van der Waals surface area (Å²) in [6, 6.07) is 5.09. The van der Waals surface area contributed by atoms with Crippen LogP contribution >= 0.6 is 11.6 Å². The number of ether oxygens (including phenoxy) is 1. The van der Waals surface area contributed by atoms with E-state index in [1.54, 1.807) is 13.1 Å². The van der Waals surface area contributed by atoms with Gasteiger partial charge in [-0.3, -0.25) is 9.20 Å². The molecule has 1 aromatic carbocycles. The molecule has 3 aromatic rings. The smallest absolute Gasteiger partial charge is 0.270 e. The van der Waals surface area contributed by atoms with E-state index in [-0.39, 0.29) is 41.8 Å². The van der Waals surface area contributed by atoms with E-state index in [0.717, 1.165) is 31.4 Å². The van der Waals surface area contributed by atoms with Crippen LogP contribution in [-0.4, -0.2) is 27.4 Å². The van der Waals surface area contributed by atoms with Crippen molar-refractivity contribution in [1.29, 1.82) is 0 Å². The number of imidazole rings is 1. The molecule has 9 heteroatoms. The van der Waals surface area contributed by atoms with Gasteiger partial charge >= 0.3 is 0 Å². The molecule has 1 amide bonds. The predicted molar refractivity (Wildman–Crippen MR) is 115 cm³/mol. The molecule has 3 N–H and O–H groups in total. The molecule has 0 bridgehead atoms. The van der Waals surface area contributed by atoms with Crippen LogP contribution in [0.3, 0.4) is 0 Å². The number of halogens is 3. The summed E-state index contributed by atoms with van der Waals surface area (Å²) in [5.41, 5.74) is 6.71. The molecule has 0 aliphatic heterocycles. The number of benzene rings is 1. The fourth-order valence-electron chi connectivity index (χ4n) is 3.54. The number of nitrogens with one attached hydrogen (secondary N) is 1. The topological polar surface area (TPSA) is 81.7 Å². The van der Waals surface area contributed by atoms with E-state index < -0.39 is 11.6 Å². The van der Waals surface area contributed by atoms with E-state index in [1.807, 2.05) is 0 Å². The monoisotopic (exact) mass is 450 g/mol. The van der Waals surface area contributed by atoms with Crippen LogP contribution in [0, 0.1) is 18.6 Å². The molecule has 0 unspecified atom stereocenters. The zero-order valence-electron chi connectivity index (χ0n) is 16.3. The molecule has 31 heavy (non-hydrogen) atoms. The number of nitrogens with two attached hydrogens (primary N) is 1. The fraction of sp³-hybridized carbons (Fsp3) is 0.364. The maximum absolute atomic E-state index is 13.9. The second kappa shape index (κ2) is 8.80. The van der Waals surface area contributed by atoms with Gasteiger partial charge in [0, 0.05) is 24.3 Å². The lowest BCUT2D eigenvalue weighted by molar-refractivity contribution is 0.0923.